The van der Waals surface area contributed by atoms with Gasteiger partial charge in [-0.05, 0) is 6.92 Å². The van der Waals surface area contributed by atoms with Crippen LogP contribution >= 0.6 is 0 Å². The molecule has 2 rings (SSSR count). The van der Waals surface area contributed by atoms with Crippen molar-refractivity contribution >= 4 is 11.6 Å². The van der Waals surface area contributed by atoms with Crippen LogP contribution in [0.2, 0.25) is 0 Å². The molecule has 0 saturated carbocycles. The molecular weight excluding hydrogens is 202 g/mol. The van der Waals surface area contributed by atoms with Crippen LogP contribution in [0.25, 0.3) is 0 Å². The summed E-state index contributed by atoms with van der Waals surface area (Å²) in [6.45, 7) is 3.09. The lowest BCUT2D eigenvalue weighted by molar-refractivity contribution is 0.0852. The van der Waals surface area contributed by atoms with Crippen molar-refractivity contribution in [2.45, 2.75) is 21.3 Å². The summed E-state index contributed by atoms with van der Waals surface area (Å²) in [4.78, 5) is 22.8. The minimum absolute atomic E-state index is 0. The quantitative estimate of drug-likeness (QED) is 0.628. The van der Waals surface area contributed by atoms with E-state index in [1.165, 1.54) is 6.92 Å². The zero-order valence-corrected chi connectivity index (χ0v) is 8.65. The Morgan fingerprint density at radius 3 is 1.75 bits per heavy atom. The molecule has 0 unspecified atom stereocenters. The second-order valence-electron chi connectivity index (χ2n) is 3.22. The maximum atomic E-state index is 11.4. The first-order valence-electron chi connectivity index (χ1n) is 4.61. The maximum absolute atomic E-state index is 11.4. The summed E-state index contributed by atoms with van der Waals surface area (Å²) < 4.78 is 0. The Bertz CT molecular complexity index is 408. The fourth-order valence-corrected chi connectivity index (χ4v) is 1.50. The summed E-state index contributed by atoms with van der Waals surface area (Å²) in [5.74, 6) is -0.561. The number of benzene rings is 1. The Kier molecular flexibility index (Phi) is 5.11. The van der Waals surface area contributed by atoms with E-state index in [4.69, 9.17) is 5.26 Å². The monoisotopic (exact) mass is 217 g/mol. The van der Waals surface area contributed by atoms with Crippen molar-refractivity contribution < 1.29 is 9.59 Å². The van der Waals surface area contributed by atoms with Crippen molar-refractivity contribution in [1.82, 2.24) is 0 Å². The van der Waals surface area contributed by atoms with Crippen molar-refractivity contribution in [2.24, 2.45) is 5.92 Å². The molecular formula is C13H15NO2. The molecule has 3 heteroatoms. The molecule has 0 aromatic heterocycles. The molecule has 1 aliphatic rings. The molecule has 1 aromatic carbocycles. The van der Waals surface area contributed by atoms with E-state index in [1.54, 1.807) is 37.3 Å². The van der Waals surface area contributed by atoms with Crippen LogP contribution in [0.15, 0.2) is 24.3 Å². The average molecular weight is 217 g/mol. The molecule has 1 aliphatic carbocycles. The lowest BCUT2D eigenvalue weighted by atomic mass is 10.1. The predicted octanol–water partition coefficient (Wildman–Crippen LogP) is 2.87. The first kappa shape index (κ1) is 14.1. The molecule has 16 heavy (non-hydrogen) atoms. The van der Waals surface area contributed by atoms with Crippen LogP contribution in [0.3, 0.4) is 0 Å². The van der Waals surface area contributed by atoms with Crippen LogP contribution in [0.4, 0.5) is 0 Å². The zero-order valence-electron chi connectivity index (χ0n) is 8.65. The molecule has 0 saturated heterocycles. The van der Waals surface area contributed by atoms with E-state index in [2.05, 4.69) is 0 Å². The van der Waals surface area contributed by atoms with Crippen LogP contribution < -0.4 is 0 Å². The van der Waals surface area contributed by atoms with E-state index in [0.29, 0.717) is 11.1 Å². The van der Waals surface area contributed by atoms with Crippen LogP contribution in [-0.4, -0.2) is 11.6 Å². The summed E-state index contributed by atoms with van der Waals surface area (Å²) in [5.41, 5.74) is 1.16. The van der Waals surface area contributed by atoms with E-state index in [0.717, 1.165) is 0 Å². The number of hydrogen-bond acceptors (Lipinski definition) is 3. The Hall–Kier alpha value is -1.95. The van der Waals surface area contributed by atoms with Gasteiger partial charge in [0.05, 0.1) is 12.0 Å². The topological polar surface area (TPSA) is 57.9 Å². The van der Waals surface area contributed by atoms with Gasteiger partial charge >= 0.3 is 0 Å². The van der Waals surface area contributed by atoms with Crippen LogP contribution in [-0.2, 0) is 0 Å². The number of fused-ring (bicyclic) bond motifs is 1. The van der Waals surface area contributed by atoms with Gasteiger partial charge in [-0.3, -0.25) is 9.59 Å². The summed E-state index contributed by atoms with van der Waals surface area (Å²) in [6, 6.07) is 8.72. The van der Waals surface area contributed by atoms with E-state index >= 15 is 0 Å². The number of nitrogens with zero attached hydrogens (tertiary/aromatic N) is 1. The standard InChI is InChI=1S/C10H8O2.C2H3N.CH4/c1-6-9(11)7-4-2-3-5-8(7)10(6)12;1-2-3;/h2-6H,1H3;1H3;1H4. The number of ketones is 2. The number of Topliss-reactive ketones (excluding diaryl/α,β-unsaturated/α-hetero) is 2. The van der Waals surface area contributed by atoms with Gasteiger partial charge < -0.3 is 0 Å². The van der Waals surface area contributed by atoms with Crippen LogP contribution in [0.5, 0.6) is 0 Å². The second-order valence-corrected chi connectivity index (χ2v) is 3.22. The molecule has 1 aromatic rings. The normalized spacial score (nSPS) is 13.1. The lowest BCUT2D eigenvalue weighted by Gasteiger charge is -1.92. The first-order chi connectivity index (χ1) is 7.13. The highest BCUT2D eigenvalue weighted by molar-refractivity contribution is 6.26. The largest absolute Gasteiger partial charge is 0.293 e. The number of nitriles is 1. The maximum Gasteiger partial charge on any atom is 0.174 e. The van der Waals surface area contributed by atoms with Gasteiger partial charge in [0.1, 0.15) is 0 Å². The van der Waals surface area contributed by atoms with Gasteiger partial charge in [-0.1, -0.05) is 31.7 Å². The minimum Gasteiger partial charge on any atom is -0.293 e. The first-order valence-corrected chi connectivity index (χ1v) is 4.61. The van der Waals surface area contributed by atoms with Gasteiger partial charge in [-0.15, -0.1) is 0 Å². The summed E-state index contributed by atoms with van der Waals surface area (Å²) in [6.07, 6.45) is 0. The van der Waals surface area contributed by atoms with Crippen LogP contribution in [0, 0.1) is 17.2 Å². The third-order valence-corrected chi connectivity index (χ3v) is 2.24. The van der Waals surface area contributed by atoms with Crippen molar-refractivity contribution in [2.75, 3.05) is 0 Å². The second kappa shape index (κ2) is 5.82. The van der Waals surface area contributed by atoms with E-state index in [-0.39, 0.29) is 19.0 Å². The summed E-state index contributed by atoms with van der Waals surface area (Å²) in [7, 11) is 0. The summed E-state index contributed by atoms with van der Waals surface area (Å²) >= 11 is 0. The van der Waals surface area contributed by atoms with Crippen molar-refractivity contribution in [1.29, 1.82) is 5.26 Å². The van der Waals surface area contributed by atoms with Crippen molar-refractivity contribution in [3.8, 4) is 6.07 Å². The van der Waals surface area contributed by atoms with E-state index in [9.17, 15) is 9.59 Å². The number of carbonyl (C=O) groups is 2. The van der Waals surface area contributed by atoms with E-state index < -0.39 is 5.92 Å². The smallest absolute Gasteiger partial charge is 0.174 e. The van der Waals surface area contributed by atoms with Gasteiger partial charge in [0.15, 0.2) is 11.6 Å². The highest BCUT2D eigenvalue weighted by Crippen LogP contribution is 2.25. The fourth-order valence-electron chi connectivity index (χ4n) is 1.50. The molecule has 0 atom stereocenters. The molecule has 0 spiro atoms. The molecule has 0 aliphatic heterocycles. The van der Waals surface area contributed by atoms with Gasteiger partial charge in [0, 0.05) is 18.1 Å². The fraction of sp³-hybridized carbons (Fsp3) is 0.308. The van der Waals surface area contributed by atoms with Gasteiger partial charge in [0.2, 0.25) is 0 Å². The van der Waals surface area contributed by atoms with Gasteiger partial charge in [-0.2, -0.15) is 5.26 Å². The Labute approximate surface area is 95.7 Å². The highest BCUT2D eigenvalue weighted by Gasteiger charge is 2.34. The molecule has 84 valence electrons. The molecule has 0 bridgehead atoms. The number of hydrogen-bond donors (Lipinski definition) is 0. The summed E-state index contributed by atoms with van der Waals surface area (Å²) in [5, 5.41) is 7.32. The third-order valence-electron chi connectivity index (χ3n) is 2.24. The Morgan fingerprint density at radius 1 is 1.12 bits per heavy atom. The Morgan fingerprint density at radius 2 is 1.44 bits per heavy atom. The highest BCUT2D eigenvalue weighted by atomic mass is 16.2. The van der Waals surface area contributed by atoms with Gasteiger partial charge in [-0.25, -0.2) is 0 Å². The third kappa shape index (κ3) is 2.34. The SMILES string of the molecule is C.CC#N.CC1C(=O)c2ccccc2C1=O. The molecule has 0 fully saturated rings. The molecule has 0 N–H and O–H groups in total. The van der Waals surface area contributed by atoms with Gasteiger partial charge in [0.25, 0.3) is 0 Å². The van der Waals surface area contributed by atoms with Crippen molar-refractivity contribution in [3.63, 3.8) is 0 Å². The molecule has 0 heterocycles. The molecule has 0 radical (unpaired) electrons. The molecule has 0 amide bonds. The number of carbonyl (C=O) groups excluding carboxylic acids is 2. The molecule has 3 nitrogen and oxygen atoms in total. The predicted molar refractivity (Wildman–Crippen MR) is 62.3 cm³/mol. The van der Waals surface area contributed by atoms with Crippen LogP contribution in [0.1, 0.15) is 42.0 Å². The van der Waals surface area contributed by atoms with Crippen molar-refractivity contribution in [3.05, 3.63) is 35.4 Å². The minimum atomic E-state index is -0.470. The Balaban J connectivity index is 0.000000511. The average Bonchev–Trinajstić information content (AvgIpc) is 2.46. The lowest BCUT2D eigenvalue weighted by Crippen LogP contribution is -2.09. The van der Waals surface area contributed by atoms with E-state index in [1.807, 2.05) is 0 Å². The number of rotatable bonds is 0. The zero-order chi connectivity index (χ0) is 11.4.